The highest BCUT2D eigenvalue weighted by Crippen LogP contribution is 2.33. The average molecular weight is 233 g/mol. The molecule has 1 saturated carbocycles. The van der Waals surface area contributed by atoms with Gasteiger partial charge >= 0.3 is 0 Å². The van der Waals surface area contributed by atoms with Crippen LogP contribution in [-0.4, -0.2) is 18.4 Å². The van der Waals surface area contributed by atoms with Crippen molar-refractivity contribution in [1.82, 2.24) is 0 Å². The molecule has 1 aromatic carbocycles. The lowest BCUT2D eigenvalue weighted by molar-refractivity contribution is 0.0889. The molecule has 1 aliphatic rings. The SMILES string of the molecule is COc1ccc(C)cc1C(=O)C1(N)CCCC1. The topological polar surface area (TPSA) is 52.3 Å². The molecule has 0 amide bonds. The summed E-state index contributed by atoms with van der Waals surface area (Å²) >= 11 is 0. The Kier molecular flexibility index (Phi) is 3.20. The summed E-state index contributed by atoms with van der Waals surface area (Å²) in [5.41, 5.74) is 7.20. The fourth-order valence-electron chi connectivity index (χ4n) is 2.50. The van der Waals surface area contributed by atoms with Gasteiger partial charge in [-0.15, -0.1) is 0 Å². The molecule has 1 aromatic rings. The molecule has 0 aromatic heterocycles. The Bertz CT molecular complexity index is 434. The largest absolute Gasteiger partial charge is 0.496 e. The number of rotatable bonds is 3. The maximum atomic E-state index is 12.5. The fraction of sp³-hybridized carbons (Fsp3) is 0.500. The van der Waals surface area contributed by atoms with Crippen molar-refractivity contribution in [1.29, 1.82) is 0 Å². The quantitative estimate of drug-likeness (QED) is 0.816. The second-order valence-corrected chi connectivity index (χ2v) is 4.90. The van der Waals surface area contributed by atoms with Gasteiger partial charge in [0.05, 0.1) is 18.2 Å². The van der Waals surface area contributed by atoms with Crippen LogP contribution >= 0.6 is 0 Å². The fourth-order valence-corrected chi connectivity index (χ4v) is 2.50. The molecule has 0 atom stereocenters. The molecule has 3 heteroatoms. The van der Waals surface area contributed by atoms with Gasteiger partial charge in [0, 0.05) is 0 Å². The lowest BCUT2D eigenvalue weighted by Gasteiger charge is -2.23. The summed E-state index contributed by atoms with van der Waals surface area (Å²) in [6.45, 7) is 1.97. The highest BCUT2D eigenvalue weighted by Gasteiger charge is 2.38. The summed E-state index contributed by atoms with van der Waals surface area (Å²) in [4.78, 5) is 12.5. The van der Waals surface area contributed by atoms with E-state index in [-0.39, 0.29) is 5.78 Å². The molecular formula is C14H19NO2. The molecule has 2 N–H and O–H groups in total. The minimum atomic E-state index is -0.679. The molecular weight excluding hydrogens is 214 g/mol. The van der Waals surface area contributed by atoms with Crippen molar-refractivity contribution >= 4 is 5.78 Å². The van der Waals surface area contributed by atoms with Crippen LogP contribution in [0.3, 0.4) is 0 Å². The van der Waals surface area contributed by atoms with Crippen molar-refractivity contribution in [2.75, 3.05) is 7.11 Å². The zero-order valence-corrected chi connectivity index (χ0v) is 10.5. The summed E-state index contributed by atoms with van der Waals surface area (Å²) in [7, 11) is 1.58. The number of Topliss-reactive ketones (excluding diaryl/α,β-unsaturated/α-hetero) is 1. The first kappa shape index (κ1) is 12.1. The van der Waals surface area contributed by atoms with Crippen LogP contribution < -0.4 is 10.5 Å². The minimum absolute atomic E-state index is 0.0237. The van der Waals surface area contributed by atoms with Gasteiger partial charge in [0.1, 0.15) is 5.75 Å². The number of hydrogen-bond acceptors (Lipinski definition) is 3. The van der Waals surface area contributed by atoms with E-state index < -0.39 is 5.54 Å². The second kappa shape index (κ2) is 4.49. The van der Waals surface area contributed by atoms with E-state index >= 15 is 0 Å². The lowest BCUT2D eigenvalue weighted by atomic mass is 9.88. The first-order valence-corrected chi connectivity index (χ1v) is 6.05. The molecule has 0 bridgehead atoms. The van der Waals surface area contributed by atoms with Crippen molar-refractivity contribution in [3.8, 4) is 5.75 Å². The number of carbonyl (C=O) groups excluding carboxylic acids is 1. The number of nitrogens with two attached hydrogens (primary N) is 1. The van der Waals surface area contributed by atoms with Crippen LogP contribution in [0.4, 0.5) is 0 Å². The van der Waals surface area contributed by atoms with Crippen LogP contribution in [0.15, 0.2) is 18.2 Å². The smallest absolute Gasteiger partial charge is 0.186 e. The Hall–Kier alpha value is -1.35. The second-order valence-electron chi connectivity index (χ2n) is 4.90. The molecule has 1 fully saturated rings. The monoisotopic (exact) mass is 233 g/mol. The van der Waals surface area contributed by atoms with Gasteiger partial charge in [0.15, 0.2) is 5.78 Å². The van der Waals surface area contributed by atoms with Gasteiger partial charge < -0.3 is 10.5 Å². The average Bonchev–Trinajstić information content (AvgIpc) is 2.76. The van der Waals surface area contributed by atoms with E-state index in [1.165, 1.54) is 0 Å². The summed E-state index contributed by atoms with van der Waals surface area (Å²) < 4.78 is 5.25. The predicted molar refractivity (Wildman–Crippen MR) is 67.4 cm³/mol. The number of carbonyl (C=O) groups is 1. The molecule has 92 valence electrons. The summed E-state index contributed by atoms with van der Waals surface area (Å²) in [6, 6.07) is 5.64. The zero-order chi connectivity index (χ0) is 12.5. The Morgan fingerprint density at radius 3 is 2.59 bits per heavy atom. The van der Waals surface area contributed by atoms with Crippen LogP contribution in [0, 0.1) is 6.92 Å². The van der Waals surface area contributed by atoms with Crippen LogP contribution in [0.2, 0.25) is 0 Å². The molecule has 0 spiro atoms. The van der Waals surface area contributed by atoms with Crippen LogP contribution in [0.1, 0.15) is 41.6 Å². The third-order valence-corrected chi connectivity index (χ3v) is 3.55. The molecule has 1 aliphatic carbocycles. The standard InChI is InChI=1S/C14H19NO2/c1-10-5-6-12(17-2)11(9-10)13(16)14(15)7-3-4-8-14/h5-6,9H,3-4,7-8,15H2,1-2H3. The number of benzene rings is 1. The van der Waals surface area contributed by atoms with Crippen molar-refractivity contribution in [2.24, 2.45) is 5.73 Å². The van der Waals surface area contributed by atoms with Crippen LogP contribution in [0.5, 0.6) is 5.75 Å². The van der Waals surface area contributed by atoms with Crippen molar-refractivity contribution in [3.05, 3.63) is 29.3 Å². The first-order chi connectivity index (χ1) is 8.07. The first-order valence-electron chi connectivity index (χ1n) is 6.05. The molecule has 0 unspecified atom stereocenters. The van der Waals surface area contributed by atoms with E-state index in [4.69, 9.17) is 10.5 Å². The molecule has 2 rings (SSSR count). The van der Waals surface area contributed by atoms with Crippen LogP contribution in [0.25, 0.3) is 0 Å². The van der Waals surface area contributed by atoms with Gasteiger partial charge in [-0.05, 0) is 31.9 Å². The number of methoxy groups -OCH3 is 1. The molecule has 3 nitrogen and oxygen atoms in total. The van der Waals surface area contributed by atoms with E-state index in [2.05, 4.69) is 0 Å². The number of hydrogen-bond donors (Lipinski definition) is 1. The number of ether oxygens (including phenoxy) is 1. The van der Waals surface area contributed by atoms with Gasteiger partial charge in [0.2, 0.25) is 0 Å². The molecule has 0 saturated heterocycles. The summed E-state index contributed by atoms with van der Waals surface area (Å²) in [5.74, 6) is 0.646. The Morgan fingerprint density at radius 1 is 1.35 bits per heavy atom. The summed E-state index contributed by atoms with van der Waals surface area (Å²) in [6.07, 6.45) is 3.64. The maximum absolute atomic E-state index is 12.5. The molecule has 0 heterocycles. The number of aryl methyl sites for hydroxylation is 1. The molecule has 0 aliphatic heterocycles. The zero-order valence-electron chi connectivity index (χ0n) is 10.5. The number of ketones is 1. The van der Waals surface area contributed by atoms with Gasteiger partial charge in [-0.1, -0.05) is 24.5 Å². The van der Waals surface area contributed by atoms with Crippen molar-refractivity contribution in [3.63, 3.8) is 0 Å². The Labute approximate surface area is 102 Å². The summed E-state index contributed by atoms with van der Waals surface area (Å²) in [5, 5.41) is 0. The Balaban J connectivity index is 2.39. The normalized spacial score (nSPS) is 18.1. The Morgan fingerprint density at radius 2 is 2.00 bits per heavy atom. The third-order valence-electron chi connectivity index (χ3n) is 3.55. The highest BCUT2D eigenvalue weighted by molar-refractivity contribution is 6.05. The van der Waals surface area contributed by atoms with E-state index in [0.29, 0.717) is 11.3 Å². The lowest BCUT2D eigenvalue weighted by Crippen LogP contribution is -2.45. The van der Waals surface area contributed by atoms with E-state index in [1.807, 2.05) is 25.1 Å². The van der Waals surface area contributed by atoms with Crippen LogP contribution in [-0.2, 0) is 0 Å². The van der Waals surface area contributed by atoms with Crippen molar-refractivity contribution < 1.29 is 9.53 Å². The van der Waals surface area contributed by atoms with Gasteiger partial charge in [-0.25, -0.2) is 0 Å². The molecule has 0 radical (unpaired) electrons. The molecule has 17 heavy (non-hydrogen) atoms. The van der Waals surface area contributed by atoms with Crippen molar-refractivity contribution in [2.45, 2.75) is 38.1 Å². The third kappa shape index (κ3) is 2.20. The highest BCUT2D eigenvalue weighted by atomic mass is 16.5. The van der Waals surface area contributed by atoms with E-state index in [0.717, 1.165) is 31.2 Å². The van der Waals surface area contributed by atoms with E-state index in [9.17, 15) is 4.79 Å². The van der Waals surface area contributed by atoms with E-state index in [1.54, 1.807) is 7.11 Å². The minimum Gasteiger partial charge on any atom is -0.496 e. The van der Waals surface area contributed by atoms with Gasteiger partial charge in [0.25, 0.3) is 0 Å². The maximum Gasteiger partial charge on any atom is 0.186 e. The predicted octanol–water partition coefficient (Wildman–Crippen LogP) is 2.46. The van der Waals surface area contributed by atoms with Gasteiger partial charge in [-0.3, -0.25) is 4.79 Å². The van der Waals surface area contributed by atoms with Gasteiger partial charge in [-0.2, -0.15) is 0 Å².